The zero-order valence-corrected chi connectivity index (χ0v) is 8.46. The molecule has 0 spiro atoms. The standard InChI is InChI=1S/C10H19N3O/c11-6-4-9(12)5-7-13-10-3-1-2-8-14-10/h5,7,10,12-13H,1-4,6,8,11H2/b7-5-,12-9?. The summed E-state index contributed by atoms with van der Waals surface area (Å²) in [6.07, 6.45) is 7.71. The Kier molecular flexibility index (Phi) is 5.25. The van der Waals surface area contributed by atoms with Gasteiger partial charge < -0.3 is 21.2 Å². The van der Waals surface area contributed by atoms with Crippen LogP contribution in [0.2, 0.25) is 0 Å². The number of ether oxygens (including phenoxy) is 1. The summed E-state index contributed by atoms with van der Waals surface area (Å²) in [5.74, 6) is 0. The second-order valence-corrected chi connectivity index (χ2v) is 3.42. The van der Waals surface area contributed by atoms with Gasteiger partial charge >= 0.3 is 0 Å². The van der Waals surface area contributed by atoms with E-state index >= 15 is 0 Å². The Hall–Kier alpha value is -0.870. The highest BCUT2D eigenvalue weighted by Gasteiger charge is 2.10. The minimum atomic E-state index is 0.130. The fourth-order valence-electron chi connectivity index (χ4n) is 1.37. The molecule has 4 heteroatoms. The van der Waals surface area contributed by atoms with E-state index in [1.54, 1.807) is 12.3 Å². The summed E-state index contributed by atoms with van der Waals surface area (Å²) in [7, 11) is 0. The van der Waals surface area contributed by atoms with Crippen molar-refractivity contribution in [1.82, 2.24) is 5.32 Å². The van der Waals surface area contributed by atoms with Crippen LogP contribution in [0.1, 0.15) is 25.7 Å². The molecular weight excluding hydrogens is 178 g/mol. The minimum Gasteiger partial charge on any atom is -0.366 e. The van der Waals surface area contributed by atoms with Gasteiger partial charge in [0.2, 0.25) is 0 Å². The SMILES string of the molecule is N=C(/C=C\NC1CCCCO1)CCN. The first-order valence-corrected chi connectivity index (χ1v) is 5.14. The fraction of sp³-hybridized carbons (Fsp3) is 0.700. The van der Waals surface area contributed by atoms with Gasteiger partial charge in [-0.15, -0.1) is 0 Å². The second kappa shape index (κ2) is 6.56. The number of hydrogen-bond acceptors (Lipinski definition) is 4. The van der Waals surface area contributed by atoms with Gasteiger partial charge in [0.05, 0.1) is 0 Å². The Balaban J connectivity index is 2.14. The molecule has 80 valence electrons. The molecule has 0 aromatic heterocycles. The lowest BCUT2D eigenvalue weighted by atomic mass is 10.2. The van der Waals surface area contributed by atoms with Crippen LogP contribution in [0.5, 0.6) is 0 Å². The largest absolute Gasteiger partial charge is 0.366 e. The van der Waals surface area contributed by atoms with E-state index in [1.165, 1.54) is 6.42 Å². The van der Waals surface area contributed by atoms with Gasteiger partial charge in [0.15, 0.2) is 0 Å². The molecule has 1 aliphatic heterocycles. The molecule has 1 heterocycles. The van der Waals surface area contributed by atoms with Crippen LogP contribution in [-0.2, 0) is 4.74 Å². The van der Waals surface area contributed by atoms with Crippen LogP contribution in [0.25, 0.3) is 0 Å². The van der Waals surface area contributed by atoms with Gasteiger partial charge in [-0.2, -0.15) is 0 Å². The molecule has 0 radical (unpaired) electrons. The van der Waals surface area contributed by atoms with Gasteiger partial charge in [0.25, 0.3) is 0 Å². The second-order valence-electron chi connectivity index (χ2n) is 3.42. The summed E-state index contributed by atoms with van der Waals surface area (Å²) in [5, 5.41) is 10.6. The number of rotatable bonds is 5. The topological polar surface area (TPSA) is 71.1 Å². The quantitative estimate of drug-likeness (QED) is 0.575. The van der Waals surface area contributed by atoms with Crippen molar-refractivity contribution < 1.29 is 4.74 Å². The van der Waals surface area contributed by atoms with Gasteiger partial charge in [-0.05, 0) is 31.9 Å². The summed E-state index contributed by atoms with van der Waals surface area (Å²) >= 11 is 0. The molecule has 0 amide bonds. The van der Waals surface area contributed by atoms with Crippen molar-refractivity contribution in [2.24, 2.45) is 5.73 Å². The molecule has 4 N–H and O–H groups in total. The fourth-order valence-corrected chi connectivity index (χ4v) is 1.37. The highest BCUT2D eigenvalue weighted by molar-refractivity contribution is 5.92. The van der Waals surface area contributed by atoms with Gasteiger partial charge in [-0.25, -0.2) is 0 Å². The third-order valence-electron chi connectivity index (χ3n) is 2.16. The van der Waals surface area contributed by atoms with Crippen LogP contribution in [-0.4, -0.2) is 25.1 Å². The lowest BCUT2D eigenvalue weighted by molar-refractivity contribution is 0.00339. The van der Waals surface area contributed by atoms with Crippen molar-refractivity contribution >= 4 is 5.71 Å². The summed E-state index contributed by atoms with van der Waals surface area (Å²) < 4.78 is 5.46. The monoisotopic (exact) mass is 197 g/mol. The number of nitrogens with one attached hydrogen (secondary N) is 2. The van der Waals surface area contributed by atoms with E-state index in [0.717, 1.165) is 19.4 Å². The third kappa shape index (κ3) is 4.39. The van der Waals surface area contributed by atoms with Crippen molar-refractivity contribution in [1.29, 1.82) is 5.41 Å². The van der Waals surface area contributed by atoms with E-state index in [9.17, 15) is 0 Å². The van der Waals surface area contributed by atoms with Gasteiger partial charge in [0.1, 0.15) is 6.23 Å². The molecule has 1 atom stereocenters. The molecule has 0 aromatic carbocycles. The first kappa shape index (κ1) is 11.2. The van der Waals surface area contributed by atoms with E-state index in [-0.39, 0.29) is 6.23 Å². The van der Waals surface area contributed by atoms with Crippen LogP contribution < -0.4 is 11.1 Å². The van der Waals surface area contributed by atoms with Crippen LogP contribution >= 0.6 is 0 Å². The molecule has 1 saturated heterocycles. The molecule has 0 aliphatic carbocycles. The smallest absolute Gasteiger partial charge is 0.127 e. The maximum Gasteiger partial charge on any atom is 0.127 e. The van der Waals surface area contributed by atoms with Crippen LogP contribution in [0.3, 0.4) is 0 Å². The van der Waals surface area contributed by atoms with Crippen molar-refractivity contribution in [2.45, 2.75) is 31.9 Å². The molecule has 1 unspecified atom stereocenters. The number of allylic oxidation sites excluding steroid dienone is 1. The lowest BCUT2D eigenvalue weighted by Gasteiger charge is -2.22. The van der Waals surface area contributed by atoms with Crippen LogP contribution in [0, 0.1) is 5.41 Å². The first-order chi connectivity index (χ1) is 6.83. The first-order valence-electron chi connectivity index (χ1n) is 5.14. The van der Waals surface area contributed by atoms with Gasteiger partial charge in [-0.1, -0.05) is 0 Å². The maximum atomic E-state index is 7.46. The molecule has 4 nitrogen and oxygen atoms in total. The van der Waals surface area contributed by atoms with Gasteiger partial charge in [-0.3, -0.25) is 0 Å². The average molecular weight is 197 g/mol. The summed E-state index contributed by atoms with van der Waals surface area (Å²) in [6, 6.07) is 0. The van der Waals surface area contributed by atoms with Crippen molar-refractivity contribution in [3.63, 3.8) is 0 Å². The van der Waals surface area contributed by atoms with Crippen molar-refractivity contribution in [3.05, 3.63) is 12.3 Å². The normalized spacial score (nSPS) is 22.5. The Labute approximate surface area is 85.0 Å². The zero-order chi connectivity index (χ0) is 10.2. The predicted molar refractivity (Wildman–Crippen MR) is 57.3 cm³/mol. The Morgan fingerprint density at radius 1 is 1.57 bits per heavy atom. The molecule has 0 bridgehead atoms. The molecule has 0 saturated carbocycles. The van der Waals surface area contributed by atoms with E-state index in [4.69, 9.17) is 15.9 Å². The highest BCUT2D eigenvalue weighted by Crippen LogP contribution is 2.09. The predicted octanol–water partition coefficient (Wildman–Crippen LogP) is 0.985. The Morgan fingerprint density at radius 3 is 3.07 bits per heavy atom. The van der Waals surface area contributed by atoms with Crippen LogP contribution in [0.15, 0.2) is 12.3 Å². The van der Waals surface area contributed by atoms with Crippen molar-refractivity contribution in [2.75, 3.05) is 13.2 Å². The lowest BCUT2D eigenvalue weighted by Crippen LogP contribution is -2.31. The van der Waals surface area contributed by atoms with Gasteiger partial charge in [0, 0.05) is 24.9 Å². The van der Waals surface area contributed by atoms with E-state index in [1.807, 2.05) is 0 Å². The summed E-state index contributed by atoms with van der Waals surface area (Å²) in [6.45, 7) is 1.37. The molecule has 1 aliphatic rings. The highest BCUT2D eigenvalue weighted by atomic mass is 16.5. The molecule has 1 fully saturated rings. The Bertz CT molecular complexity index is 198. The average Bonchev–Trinajstić information content (AvgIpc) is 2.20. The summed E-state index contributed by atoms with van der Waals surface area (Å²) in [5.41, 5.74) is 5.88. The maximum absolute atomic E-state index is 7.46. The molecule has 0 aromatic rings. The number of nitrogens with two attached hydrogens (primary N) is 1. The van der Waals surface area contributed by atoms with E-state index in [0.29, 0.717) is 18.7 Å². The minimum absolute atomic E-state index is 0.130. The van der Waals surface area contributed by atoms with Crippen molar-refractivity contribution in [3.8, 4) is 0 Å². The van der Waals surface area contributed by atoms with E-state index < -0.39 is 0 Å². The third-order valence-corrected chi connectivity index (χ3v) is 2.16. The zero-order valence-electron chi connectivity index (χ0n) is 8.46. The molecular formula is C10H19N3O. The molecule has 1 rings (SSSR count). The number of hydrogen-bond donors (Lipinski definition) is 3. The van der Waals surface area contributed by atoms with E-state index in [2.05, 4.69) is 5.32 Å². The Morgan fingerprint density at radius 2 is 2.43 bits per heavy atom. The molecule has 14 heavy (non-hydrogen) atoms. The summed E-state index contributed by atoms with van der Waals surface area (Å²) in [4.78, 5) is 0. The van der Waals surface area contributed by atoms with Crippen LogP contribution in [0.4, 0.5) is 0 Å².